The number of rotatable bonds is 8. The van der Waals surface area contributed by atoms with Gasteiger partial charge >= 0.3 is 5.97 Å². The first-order valence-electron chi connectivity index (χ1n) is 7.55. The van der Waals surface area contributed by atoms with E-state index in [-0.39, 0.29) is 5.88 Å². The van der Waals surface area contributed by atoms with Gasteiger partial charge in [-0.05, 0) is 24.3 Å². The minimum atomic E-state index is -1.34. The Morgan fingerprint density at radius 2 is 1.92 bits per heavy atom. The van der Waals surface area contributed by atoms with Gasteiger partial charge in [0.05, 0.1) is 0 Å². The molecule has 10 heteroatoms. The van der Waals surface area contributed by atoms with Crippen LogP contribution < -0.4 is 4.74 Å². The van der Waals surface area contributed by atoms with E-state index in [2.05, 4.69) is 10.1 Å². The molecule has 0 saturated carbocycles. The summed E-state index contributed by atoms with van der Waals surface area (Å²) in [5.74, 6) is -0.133. The van der Waals surface area contributed by atoms with E-state index >= 15 is 0 Å². The van der Waals surface area contributed by atoms with Gasteiger partial charge < -0.3 is 9.47 Å². The summed E-state index contributed by atoms with van der Waals surface area (Å²) < 4.78 is 13.0. The van der Waals surface area contributed by atoms with E-state index in [1.54, 1.807) is 24.3 Å². The molecular weight excluding hydrogens is 424 g/mol. The average molecular weight is 441 g/mol. The Balaban J connectivity index is 2.40. The van der Waals surface area contributed by atoms with Gasteiger partial charge in [-0.3, -0.25) is 0 Å². The van der Waals surface area contributed by atoms with E-state index in [4.69, 9.17) is 55.9 Å². The van der Waals surface area contributed by atoms with Crippen LogP contribution in [0.5, 0.6) is 5.75 Å². The average Bonchev–Trinajstić information content (AvgIpc) is 3.13. The van der Waals surface area contributed by atoms with E-state index in [1.165, 1.54) is 17.3 Å². The second kappa shape index (κ2) is 9.13. The lowest BCUT2D eigenvalue weighted by molar-refractivity contribution is -0.166. The zero-order valence-electron chi connectivity index (χ0n) is 14.0. The fourth-order valence-electron chi connectivity index (χ4n) is 2.11. The molecule has 1 heterocycles. The van der Waals surface area contributed by atoms with Crippen molar-refractivity contribution in [3.63, 3.8) is 0 Å². The Morgan fingerprint density at radius 3 is 2.42 bits per heavy atom. The van der Waals surface area contributed by atoms with Crippen LogP contribution in [0.1, 0.15) is 20.1 Å². The first-order chi connectivity index (χ1) is 12.2. The molecule has 26 heavy (non-hydrogen) atoms. The minimum Gasteiger partial charge on any atom is -0.465 e. The topological polar surface area (TPSA) is 66.2 Å². The molecule has 0 aliphatic rings. The van der Waals surface area contributed by atoms with Crippen LogP contribution in [0.25, 0.3) is 0 Å². The number of hydrogen-bond acceptors (Lipinski definition) is 5. The Hall–Kier alpha value is -1.21. The molecule has 1 aromatic carbocycles. The van der Waals surface area contributed by atoms with E-state index in [0.29, 0.717) is 10.8 Å². The molecule has 0 saturated heterocycles. The summed E-state index contributed by atoms with van der Waals surface area (Å²) in [7, 11) is 0. The van der Waals surface area contributed by atoms with E-state index in [0.717, 1.165) is 0 Å². The van der Waals surface area contributed by atoms with Gasteiger partial charge in [-0.2, -0.15) is 5.10 Å². The second-order valence-electron chi connectivity index (χ2n) is 6.12. The van der Waals surface area contributed by atoms with Gasteiger partial charge in [0.2, 0.25) is 11.1 Å². The maximum atomic E-state index is 12.0. The molecule has 0 fully saturated rings. The predicted molar refractivity (Wildman–Crippen MR) is 101 cm³/mol. The summed E-state index contributed by atoms with van der Waals surface area (Å²) in [6.45, 7) is 3.65. The Morgan fingerprint density at radius 1 is 1.27 bits per heavy atom. The second-order valence-corrected chi connectivity index (χ2v) is 7.92. The smallest absolute Gasteiger partial charge is 0.339 e. The summed E-state index contributed by atoms with van der Waals surface area (Å²) in [5, 5.41) is 4.67. The van der Waals surface area contributed by atoms with Crippen LogP contribution >= 0.6 is 46.4 Å². The van der Waals surface area contributed by atoms with Crippen LogP contribution in [0.3, 0.4) is 0 Å². The van der Waals surface area contributed by atoms with Crippen LogP contribution in [0.4, 0.5) is 0 Å². The number of nitrogens with zero attached hydrogens (tertiary/aromatic N) is 3. The Labute approximate surface area is 171 Å². The molecule has 6 nitrogen and oxygen atoms in total. The number of aromatic nitrogens is 3. The summed E-state index contributed by atoms with van der Waals surface area (Å²) in [4.78, 5) is 14.6. The highest BCUT2D eigenvalue weighted by Gasteiger charge is 2.42. The zero-order valence-corrected chi connectivity index (χ0v) is 17.0. The summed E-state index contributed by atoms with van der Waals surface area (Å²) in [6.07, 6.45) is 1.08. The maximum Gasteiger partial charge on any atom is 0.339 e. The lowest BCUT2D eigenvalue weighted by atomic mass is 9.87. The van der Waals surface area contributed by atoms with Crippen molar-refractivity contribution in [3.05, 3.63) is 41.9 Å². The van der Waals surface area contributed by atoms with Crippen molar-refractivity contribution >= 4 is 52.4 Å². The van der Waals surface area contributed by atoms with Crippen molar-refractivity contribution in [1.29, 1.82) is 0 Å². The van der Waals surface area contributed by atoms with Crippen molar-refractivity contribution in [2.75, 3.05) is 5.88 Å². The van der Waals surface area contributed by atoms with Gasteiger partial charge in [0.1, 0.15) is 18.4 Å². The van der Waals surface area contributed by atoms with Gasteiger partial charge in [-0.1, -0.05) is 48.7 Å². The number of carbonyl (C=O) groups is 1. The molecule has 0 radical (unpaired) electrons. The zero-order chi connectivity index (χ0) is 19.3. The number of carbonyl (C=O) groups excluding carboxylic acids is 1. The first kappa shape index (κ1) is 21.1. The van der Waals surface area contributed by atoms with Crippen LogP contribution in [0.2, 0.25) is 5.02 Å². The highest BCUT2D eigenvalue weighted by Crippen LogP contribution is 2.35. The van der Waals surface area contributed by atoms with Gasteiger partial charge in [-0.15, -0.1) is 11.6 Å². The van der Waals surface area contributed by atoms with E-state index < -0.39 is 28.6 Å². The molecule has 0 spiro atoms. The summed E-state index contributed by atoms with van der Waals surface area (Å²) in [5.41, 5.74) is -0.692. The van der Waals surface area contributed by atoms with Crippen LogP contribution in [-0.2, 0) is 9.53 Å². The van der Waals surface area contributed by atoms with E-state index in [1.807, 2.05) is 13.8 Å². The fourth-order valence-corrected chi connectivity index (χ4v) is 2.49. The molecule has 142 valence electrons. The lowest BCUT2D eigenvalue weighted by Gasteiger charge is -2.37. The summed E-state index contributed by atoms with van der Waals surface area (Å²) in [6, 6.07) is 6.72. The molecule has 0 aliphatic carbocycles. The van der Waals surface area contributed by atoms with Crippen LogP contribution in [0.15, 0.2) is 36.9 Å². The number of halogens is 4. The highest BCUT2D eigenvalue weighted by molar-refractivity contribution is 6.52. The first-order valence-corrected chi connectivity index (χ1v) is 9.34. The Kier molecular flexibility index (Phi) is 7.41. The van der Waals surface area contributed by atoms with Crippen molar-refractivity contribution < 1.29 is 14.3 Å². The molecule has 2 rings (SSSR count). The third-order valence-electron chi connectivity index (χ3n) is 3.56. The normalized spacial score (nSPS) is 14.1. The third-order valence-corrected chi connectivity index (χ3v) is 4.86. The molecule has 0 amide bonds. The third kappa shape index (κ3) is 5.39. The highest BCUT2D eigenvalue weighted by atomic mass is 35.5. The molecule has 2 aromatic rings. The molecule has 2 atom stereocenters. The SMILES string of the molecule is CC(C)(CCl)C(OC(=O)C(Cl)Cl)C(Oc1ccc(Cl)cc1)n1cncn1. The number of alkyl halides is 3. The Bertz CT molecular complexity index is 708. The van der Waals surface area contributed by atoms with Gasteiger partial charge in [0.25, 0.3) is 0 Å². The molecule has 0 N–H and O–H groups in total. The number of esters is 1. The number of benzene rings is 1. The maximum absolute atomic E-state index is 12.0. The fraction of sp³-hybridized carbons (Fsp3) is 0.438. The van der Waals surface area contributed by atoms with Crippen molar-refractivity contribution in [2.45, 2.75) is 31.0 Å². The lowest BCUT2D eigenvalue weighted by Crippen LogP contribution is -2.45. The van der Waals surface area contributed by atoms with Gasteiger partial charge in [-0.25, -0.2) is 14.5 Å². The van der Waals surface area contributed by atoms with Crippen molar-refractivity contribution in [2.24, 2.45) is 5.41 Å². The van der Waals surface area contributed by atoms with Crippen molar-refractivity contribution in [3.8, 4) is 5.75 Å². The van der Waals surface area contributed by atoms with Gasteiger partial charge in [0.15, 0.2) is 6.10 Å². The minimum absolute atomic E-state index is 0.176. The monoisotopic (exact) mass is 439 g/mol. The molecule has 1 aromatic heterocycles. The van der Waals surface area contributed by atoms with Crippen LogP contribution in [0, 0.1) is 5.41 Å². The van der Waals surface area contributed by atoms with E-state index in [9.17, 15) is 4.79 Å². The van der Waals surface area contributed by atoms with Crippen LogP contribution in [-0.4, -0.2) is 37.6 Å². The van der Waals surface area contributed by atoms with Gasteiger partial charge in [0, 0.05) is 16.3 Å². The standard InChI is InChI=1S/C16H17Cl4N3O3/c1-16(2,7-17)12(26-15(24)13(19)20)14(23-9-21-8-22-23)25-11-5-3-10(18)4-6-11/h3-6,8-9,12-14H,7H2,1-2H3. The molecule has 0 aliphatic heterocycles. The molecular formula is C16H17Cl4N3O3. The quantitative estimate of drug-likeness (QED) is 0.446. The largest absolute Gasteiger partial charge is 0.465 e. The van der Waals surface area contributed by atoms with Crippen molar-refractivity contribution in [1.82, 2.24) is 14.8 Å². The molecule has 0 bridgehead atoms. The molecule has 2 unspecified atom stereocenters. The number of hydrogen-bond donors (Lipinski definition) is 0. The number of ether oxygens (including phenoxy) is 2. The predicted octanol–water partition coefficient (Wildman–Crippen LogP) is 4.49. The summed E-state index contributed by atoms with van der Waals surface area (Å²) >= 11 is 23.3.